The number of methoxy groups -OCH3 is 1. The third-order valence-corrected chi connectivity index (χ3v) is 6.23. The van der Waals surface area contributed by atoms with Crippen molar-refractivity contribution < 1.29 is 14.3 Å². The third kappa shape index (κ3) is 2.67. The van der Waals surface area contributed by atoms with Crippen molar-refractivity contribution in [2.45, 2.75) is 50.6 Å². The second-order valence-electron chi connectivity index (χ2n) is 7.87. The van der Waals surface area contributed by atoms with Gasteiger partial charge in [0.2, 0.25) is 5.91 Å². The Hall–Kier alpha value is -2.57. The number of hydrogen-bond donors (Lipinski definition) is 1. The van der Waals surface area contributed by atoms with Crippen LogP contribution in [0.1, 0.15) is 36.5 Å². The summed E-state index contributed by atoms with van der Waals surface area (Å²) in [5.41, 5.74) is 1.02. The van der Waals surface area contributed by atoms with Gasteiger partial charge in [-0.3, -0.25) is 4.79 Å². The summed E-state index contributed by atoms with van der Waals surface area (Å²) < 4.78 is 13.1. The second-order valence-corrected chi connectivity index (χ2v) is 7.87. The van der Waals surface area contributed by atoms with E-state index >= 15 is 0 Å². The van der Waals surface area contributed by atoms with E-state index in [0.717, 1.165) is 54.4 Å². The van der Waals surface area contributed by atoms with E-state index in [4.69, 9.17) is 9.47 Å². The Labute approximate surface area is 158 Å². The molecule has 1 aromatic heterocycles. The highest BCUT2D eigenvalue weighted by Crippen LogP contribution is 2.61. The Morgan fingerprint density at radius 3 is 3.19 bits per heavy atom. The van der Waals surface area contributed by atoms with Gasteiger partial charge in [0.25, 0.3) is 0 Å². The summed E-state index contributed by atoms with van der Waals surface area (Å²) in [5.74, 6) is 3.67. The molecule has 3 aliphatic rings. The molecular formula is C20H24N4O3. The number of carbonyl (C=O) groups is 1. The minimum Gasteiger partial charge on any atom is -0.497 e. The number of nitrogens with one attached hydrogen (secondary N) is 1. The molecule has 5 rings (SSSR count). The topological polar surface area (TPSA) is 78.3 Å². The van der Waals surface area contributed by atoms with Crippen LogP contribution < -0.4 is 14.8 Å². The largest absolute Gasteiger partial charge is 0.497 e. The number of amides is 1. The predicted octanol–water partition coefficient (Wildman–Crippen LogP) is 1.77. The number of rotatable bonds is 3. The highest BCUT2D eigenvalue weighted by Gasteiger charge is 2.61. The van der Waals surface area contributed by atoms with Crippen molar-refractivity contribution in [3.8, 4) is 11.5 Å². The van der Waals surface area contributed by atoms with Gasteiger partial charge in [-0.1, -0.05) is 0 Å². The van der Waals surface area contributed by atoms with Crippen molar-refractivity contribution in [2.24, 2.45) is 5.92 Å². The fraction of sp³-hybridized carbons (Fsp3) is 0.550. The molecule has 3 heterocycles. The van der Waals surface area contributed by atoms with E-state index in [1.807, 2.05) is 29.8 Å². The van der Waals surface area contributed by atoms with Crippen LogP contribution in [0.4, 0.5) is 0 Å². The molecule has 1 amide bonds. The first-order chi connectivity index (χ1) is 13.1. The normalized spacial score (nSPS) is 28.1. The average Bonchev–Trinajstić information content (AvgIpc) is 3.26. The van der Waals surface area contributed by atoms with Crippen LogP contribution in [0.5, 0.6) is 11.5 Å². The van der Waals surface area contributed by atoms with Gasteiger partial charge >= 0.3 is 0 Å². The van der Waals surface area contributed by atoms with E-state index in [0.29, 0.717) is 13.2 Å². The molecule has 1 spiro atoms. The fourth-order valence-corrected chi connectivity index (χ4v) is 4.71. The number of fused-ring (bicyclic) bond motifs is 3. The lowest BCUT2D eigenvalue weighted by Gasteiger charge is -2.28. The van der Waals surface area contributed by atoms with Gasteiger partial charge in [0.1, 0.15) is 23.1 Å². The zero-order chi connectivity index (χ0) is 18.6. The molecule has 0 bridgehead atoms. The Kier molecular flexibility index (Phi) is 3.67. The quantitative estimate of drug-likeness (QED) is 0.893. The summed E-state index contributed by atoms with van der Waals surface area (Å²) in [6.45, 7) is 3.27. The van der Waals surface area contributed by atoms with Crippen molar-refractivity contribution in [3.05, 3.63) is 35.4 Å². The molecule has 1 aromatic carbocycles. The van der Waals surface area contributed by atoms with Crippen molar-refractivity contribution >= 4 is 5.91 Å². The second kappa shape index (κ2) is 5.97. The number of benzene rings is 1. The van der Waals surface area contributed by atoms with Crippen LogP contribution in [0.15, 0.2) is 18.2 Å². The molecule has 1 N–H and O–H groups in total. The molecule has 27 heavy (non-hydrogen) atoms. The summed E-state index contributed by atoms with van der Waals surface area (Å²) in [4.78, 5) is 17.4. The number of hydrogen-bond acceptors (Lipinski definition) is 5. The number of aryl methyl sites for hydroxylation is 2. The molecule has 142 valence electrons. The average molecular weight is 368 g/mol. The van der Waals surface area contributed by atoms with Gasteiger partial charge in [0.05, 0.1) is 20.3 Å². The highest BCUT2D eigenvalue weighted by atomic mass is 16.5. The third-order valence-electron chi connectivity index (χ3n) is 6.23. The molecule has 2 aliphatic heterocycles. The maximum Gasteiger partial charge on any atom is 0.224 e. The smallest absolute Gasteiger partial charge is 0.224 e. The first kappa shape index (κ1) is 16.6. The van der Waals surface area contributed by atoms with E-state index in [2.05, 4.69) is 15.4 Å². The van der Waals surface area contributed by atoms with Gasteiger partial charge in [0.15, 0.2) is 0 Å². The molecule has 0 saturated heterocycles. The highest BCUT2D eigenvalue weighted by molar-refractivity contribution is 5.85. The standard InChI is InChI=1S/C20H24N4O3/c1-12-21-18-6-3-13(11-24(18)23-12)22-19(25)16-10-20(16)7-8-27-17-5-4-14(26-2)9-15(17)20/h4-5,9,13,16H,3,6-8,10-11H2,1-2H3,(H,22,25)/t13-,16+,20+/m0/s1. The zero-order valence-corrected chi connectivity index (χ0v) is 15.7. The molecule has 7 heteroatoms. The van der Waals surface area contributed by atoms with Crippen LogP contribution in [0.3, 0.4) is 0 Å². The first-order valence-electron chi connectivity index (χ1n) is 9.61. The monoisotopic (exact) mass is 368 g/mol. The Bertz CT molecular complexity index is 909. The molecule has 1 aliphatic carbocycles. The van der Waals surface area contributed by atoms with Gasteiger partial charge in [-0.15, -0.1) is 0 Å². The Morgan fingerprint density at radius 2 is 2.33 bits per heavy atom. The van der Waals surface area contributed by atoms with Crippen LogP contribution in [-0.2, 0) is 23.2 Å². The maximum absolute atomic E-state index is 13.0. The first-order valence-corrected chi connectivity index (χ1v) is 9.61. The lowest BCUT2D eigenvalue weighted by atomic mass is 9.87. The molecule has 7 nitrogen and oxygen atoms in total. The summed E-state index contributed by atoms with van der Waals surface area (Å²) in [6.07, 6.45) is 3.53. The van der Waals surface area contributed by atoms with E-state index in [1.165, 1.54) is 0 Å². The number of ether oxygens (including phenoxy) is 2. The minimum absolute atomic E-state index is 0.00568. The SMILES string of the molecule is COc1ccc2c(c1)[C@@]1(CCO2)C[C@@H]1C(=O)N[C@H]1CCc2nc(C)nn2C1. The Morgan fingerprint density at radius 1 is 1.44 bits per heavy atom. The van der Waals surface area contributed by atoms with Crippen LogP contribution in [0, 0.1) is 12.8 Å². The van der Waals surface area contributed by atoms with Gasteiger partial charge in [0, 0.05) is 29.4 Å². The van der Waals surface area contributed by atoms with Crippen LogP contribution in [0.25, 0.3) is 0 Å². The van der Waals surface area contributed by atoms with Crippen molar-refractivity contribution in [1.82, 2.24) is 20.1 Å². The molecule has 0 radical (unpaired) electrons. The zero-order valence-electron chi connectivity index (χ0n) is 15.7. The molecule has 2 aromatic rings. The van der Waals surface area contributed by atoms with Crippen molar-refractivity contribution in [3.63, 3.8) is 0 Å². The molecule has 1 fully saturated rings. The Balaban J connectivity index is 1.31. The number of carbonyl (C=O) groups excluding carboxylic acids is 1. The van der Waals surface area contributed by atoms with E-state index in [-0.39, 0.29) is 23.3 Å². The van der Waals surface area contributed by atoms with E-state index in [9.17, 15) is 4.79 Å². The van der Waals surface area contributed by atoms with E-state index in [1.54, 1.807) is 7.11 Å². The summed E-state index contributed by atoms with van der Waals surface area (Å²) in [7, 11) is 1.67. The summed E-state index contributed by atoms with van der Waals surface area (Å²) in [5, 5.41) is 7.69. The fourth-order valence-electron chi connectivity index (χ4n) is 4.71. The summed E-state index contributed by atoms with van der Waals surface area (Å²) in [6, 6.07) is 6.02. The molecular weight excluding hydrogens is 344 g/mol. The minimum atomic E-state index is -0.101. The lowest BCUT2D eigenvalue weighted by molar-refractivity contribution is -0.123. The molecule has 0 unspecified atom stereocenters. The molecule has 3 atom stereocenters. The van der Waals surface area contributed by atoms with Gasteiger partial charge in [-0.05, 0) is 44.4 Å². The van der Waals surface area contributed by atoms with Gasteiger partial charge < -0.3 is 14.8 Å². The van der Waals surface area contributed by atoms with Crippen molar-refractivity contribution in [1.29, 1.82) is 0 Å². The maximum atomic E-state index is 13.0. The van der Waals surface area contributed by atoms with E-state index < -0.39 is 0 Å². The van der Waals surface area contributed by atoms with Crippen LogP contribution in [-0.4, -0.2) is 40.4 Å². The lowest BCUT2D eigenvalue weighted by Crippen LogP contribution is -2.43. The van der Waals surface area contributed by atoms with Gasteiger partial charge in [-0.25, -0.2) is 9.67 Å². The van der Waals surface area contributed by atoms with Crippen LogP contribution in [0.2, 0.25) is 0 Å². The van der Waals surface area contributed by atoms with Gasteiger partial charge in [-0.2, -0.15) is 5.10 Å². The number of aromatic nitrogens is 3. The number of nitrogens with zero attached hydrogens (tertiary/aromatic N) is 3. The van der Waals surface area contributed by atoms with Crippen molar-refractivity contribution in [2.75, 3.05) is 13.7 Å². The summed E-state index contributed by atoms with van der Waals surface area (Å²) >= 11 is 0. The van der Waals surface area contributed by atoms with Crippen LogP contribution >= 0.6 is 0 Å². The predicted molar refractivity (Wildman–Crippen MR) is 97.9 cm³/mol. The molecule has 1 saturated carbocycles.